The number of hydrogen-bond acceptors (Lipinski definition) is 5. The molecule has 0 amide bonds. The van der Waals surface area contributed by atoms with E-state index >= 15 is 0 Å². The molecular weight excluding hydrogens is 463 g/mol. The van der Waals surface area contributed by atoms with E-state index in [2.05, 4.69) is 29.5 Å². The molecule has 1 unspecified atom stereocenters. The first kappa shape index (κ1) is 24.1. The molecule has 0 aromatic carbocycles. The summed E-state index contributed by atoms with van der Waals surface area (Å²) in [5.74, 6) is -0.623. The van der Waals surface area contributed by atoms with Crippen LogP contribution in [0.15, 0.2) is 0 Å². The Kier molecular flexibility index (Phi) is 9.75. The van der Waals surface area contributed by atoms with Crippen molar-refractivity contribution in [1.82, 2.24) is 0 Å². The van der Waals surface area contributed by atoms with Crippen LogP contribution in [-0.4, -0.2) is 38.6 Å². The van der Waals surface area contributed by atoms with Crippen LogP contribution in [0.25, 0.3) is 0 Å². The lowest BCUT2D eigenvalue weighted by Crippen LogP contribution is -2.49. The van der Waals surface area contributed by atoms with E-state index < -0.39 is 10.3 Å². The smallest absolute Gasteiger partial charge is 0.322 e. The van der Waals surface area contributed by atoms with Gasteiger partial charge >= 0.3 is 11.9 Å². The van der Waals surface area contributed by atoms with Crippen molar-refractivity contribution < 1.29 is 19.1 Å². The topological polar surface area (TPSA) is 52.6 Å². The molecule has 0 aromatic heterocycles. The van der Waals surface area contributed by atoms with E-state index in [0.717, 1.165) is 19.3 Å². The summed E-state index contributed by atoms with van der Waals surface area (Å²) in [6.45, 7) is 9.73. The van der Waals surface area contributed by atoms with Gasteiger partial charge in [-0.15, -0.1) is 11.8 Å². The predicted octanol–water partition coefficient (Wildman–Crippen LogP) is 5.55. The molecule has 4 atom stereocenters. The van der Waals surface area contributed by atoms with Gasteiger partial charge in [-0.05, 0) is 46.8 Å². The average Bonchev–Trinajstić information content (AvgIpc) is 2.83. The highest BCUT2D eigenvalue weighted by Crippen LogP contribution is 2.46. The third-order valence-electron chi connectivity index (χ3n) is 4.92. The van der Waals surface area contributed by atoms with Crippen molar-refractivity contribution in [3.63, 3.8) is 0 Å². The molecule has 26 heavy (non-hydrogen) atoms. The minimum atomic E-state index is -0.793. The normalized spacial score (nSPS) is 25.7. The van der Waals surface area contributed by atoms with Crippen LogP contribution in [0.3, 0.4) is 0 Å². The van der Waals surface area contributed by atoms with Crippen molar-refractivity contribution >= 4 is 46.3 Å². The van der Waals surface area contributed by atoms with Crippen LogP contribution in [0, 0.1) is 5.92 Å². The maximum Gasteiger partial charge on any atom is 0.322 e. The van der Waals surface area contributed by atoms with E-state index in [0.29, 0.717) is 0 Å². The highest BCUT2D eigenvalue weighted by molar-refractivity contribution is 14.1. The first-order valence-electron chi connectivity index (χ1n) is 9.70. The van der Waals surface area contributed by atoms with Gasteiger partial charge in [-0.2, -0.15) is 0 Å². The number of cyclic esters (lactones) is 1. The number of esters is 2. The van der Waals surface area contributed by atoms with Crippen molar-refractivity contribution in [2.24, 2.45) is 5.92 Å². The molecule has 0 radical (unpaired) electrons. The number of ether oxygens (including phenoxy) is 2. The van der Waals surface area contributed by atoms with Crippen LogP contribution in [0.5, 0.6) is 0 Å². The number of carbonyl (C=O) groups is 2. The zero-order valence-electron chi connectivity index (χ0n) is 17.1. The van der Waals surface area contributed by atoms with E-state index in [-0.39, 0.29) is 27.9 Å². The molecule has 1 fully saturated rings. The van der Waals surface area contributed by atoms with E-state index in [4.69, 9.17) is 9.47 Å². The van der Waals surface area contributed by atoms with Gasteiger partial charge in [0.1, 0.15) is 20.4 Å². The molecule has 0 saturated carbocycles. The first-order valence-corrected chi connectivity index (χ1v) is 12.2. The third kappa shape index (κ3) is 6.57. The summed E-state index contributed by atoms with van der Waals surface area (Å²) in [6.07, 6.45) is 9.70. The highest BCUT2D eigenvalue weighted by atomic mass is 127. The monoisotopic (exact) mass is 498 g/mol. The first-order chi connectivity index (χ1) is 12.1. The summed E-state index contributed by atoms with van der Waals surface area (Å²) in [4.78, 5) is 25.2. The van der Waals surface area contributed by atoms with Crippen LogP contribution >= 0.6 is 34.4 Å². The Hall–Kier alpha value is 0.0200. The van der Waals surface area contributed by atoms with Gasteiger partial charge in [0.05, 0.1) is 0 Å². The van der Waals surface area contributed by atoms with Gasteiger partial charge in [-0.3, -0.25) is 9.59 Å². The number of alkyl halides is 1. The molecule has 6 heteroatoms. The Morgan fingerprint density at radius 3 is 2.27 bits per heavy atom. The Morgan fingerprint density at radius 2 is 1.73 bits per heavy atom. The van der Waals surface area contributed by atoms with E-state index in [1.807, 2.05) is 34.0 Å². The van der Waals surface area contributed by atoms with Gasteiger partial charge in [-0.1, -0.05) is 61.6 Å². The lowest BCUT2D eigenvalue weighted by atomic mass is 9.84. The molecule has 0 N–H and O–H groups in total. The number of hydrogen-bond donors (Lipinski definition) is 0. The Bertz CT molecular complexity index is 477. The quantitative estimate of drug-likeness (QED) is 0.171. The van der Waals surface area contributed by atoms with Gasteiger partial charge in [0.25, 0.3) is 0 Å². The Morgan fingerprint density at radius 1 is 1.15 bits per heavy atom. The number of rotatable bonds is 10. The van der Waals surface area contributed by atoms with Crippen molar-refractivity contribution in [3.8, 4) is 0 Å². The van der Waals surface area contributed by atoms with E-state index in [9.17, 15) is 9.59 Å². The minimum Gasteiger partial charge on any atom is -0.461 e. The average molecular weight is 498 g/mol. The number of unbranched alkanes of at least 4 members (excludes halogenated alkanes) is 5. The standard InChI is InChI=1S/C20H35IO4S/c1-7-8-9-10-11-12-13-14-15(16(21)17(22)24-14)20(5,26-6)18(23)25-19(2,3)4/h14-16H,7-13H2,1-6H3/t14-,15-,16+,20?/m1/s1. The van der Waals surface area contributed by atoms with Gasteiger partial charge < -0.3 is 9.47 Å². The minimum absolute atomic E-state index is 0.170. The van der Waals surface area contributed by atoms with Crippen LogP contribution in [0.2, 0.25) is 0 Å². The summed E-state index contributed by atoms with van der Waals surface area (Å²) in [5.41, 5.74) is -0.549. The molecule has 0 bridgehead atoms. The zero-order valence-corrected chi connectivity index (χ0v) is 20.1. The fraction of sp³-hybridized carbons (Fsp3) is 0.900. The summed E-state index contributed by atoms with van der Waals surface area (Å²) in [5, 5.41) is 0. The summed E-state index contributed by atoms with van der Waals surface area (Å²) in [7, 11) is 0. The summed E-state index contributed by atoms with van der Waals surface area (Å²) in [6, 6.07) is 0. The Balaban J connectivity index is 2.81. The number of thioether (sulfide) groups is 1. The molecule has 1 aliphatic rings. The molecule has 1 heterocycles. The Labute approximate surface area is 177 Å². The molecule has 1 rings (SSSR count). The third-order valence-corrected chi connectivity index (χ3v) is 7.49. The molecular formula is C20H35IO4S. The largest absolute Gasteiger partial charge is 0.461 e. The second kappa shape index (κ2) is 10.5. The molecule has 152 valence electrons. The van der Waals surface area contributed by atoms with Crippen molar-refractivity contribution in [2.75, 3.05) is 6.26 Å². The van der Waals surface area contributed by atoms with Crippen molar-refractivity contribution in [1.29, 1.82) is 0 Å². The molecule has 0 aliphatic carbocycles. The fourth-order valence-electron chi connectivity index (χ4n) is 3.36. The van der Waals surface area contributed by atoms with Gasteiger partial charge in [0.15, 0.2) is 0 Å². The maximum absolute atomic E-state index is 12.9. The second-order valence-electron chi connectivity index (χ2n) is 8.27. The van der Waals surface area contributed by atoms with Gasteiger partial charge in [0, 0.05) is 5.92 Å². The molecule has 0 spiro atoms. The van der Waals surface area contributed by atoms with Crippen molar-refractivity contribution in [3.05, 3.63) is 0 Å². The lowest BCUT2D eigenvalue weighted by molar-refractivity contribution is -0.160. The summed E-state index contributed by atoms with van der Waals surface area (Å²) < 4.78 is 10.2. The fourth-order valence-corrected chi connectivity index (χ4v) is 5.70. The molecule has 1 saturated heterocycles. The highest BCUT2D eigenvalue weighted by Gasteiger charge is 2.56. The van der Waals surface area contributed by atoms with Crippen LogP contribution in [-0.2, 0) is 19.1 Å². The number of halogens is 1. The molecule has 1 aliphatic heterocycles. The molecule has 0 aromatic rings. The predicted molar refractivity (Wildman–Crippen MR) is 117 cm³/mol. The van der Waals surface area contributed by atoms with Crippen LogP contribution < -0.4 is 0 Å². The number of carbonyl (C=O) groups excluding carboxylic acids is 2. The SMILES string of the molecule is CCCCCCCC[C@H]1OC(=O)[C@@H](I)[C@@H]1C(C)(SC)C(=O)OC(C)(C)C. The van der Waals surface area contributed by atoms with Crippen LogP contribution in [0.1, 0.15) is 79.6 Å². The van der Waals surface area contributed by atoms with Crippen molar-refractivity contribution in [2.45, 2.75) is 99.9 Å². The van der Waals surface area contributed by atoms with E-state index in [1.165, 1.54) is 37.4 Å². The van der Waals surface area contributed by atoms with Gasteiger partial charge in [-0.25, -0.2) is 0 Å². The van der Waals surface area contributed by atoms with E-state index in [1.54, 1.807) is 0 Å². The maximum atomic E-state index is 12.9. The summed E-state index contributed by atoms with van der Waals surface area (Å²) >= 11 is 3.60. The lowest BCUT2D eigenvalue weighted by Gasteiger charge is -2.37. The second-order valence-corrected chi connectivity index (χ2v) is 10.9. The van der Waals surface area contributed by atoms with Gasteiger partial charge in [0.2, 0.25) is 0 Å². The van der Waals surface area contributed by atoms with Crippen LogP contribution in [0.4, 0.5) is 0 Å². The zero-order chi connectivity index (χ0) is 20.0. The molecule has 4 nitrogen and oxygen atoms in total.